The molecule has 0 unspecified atom stereocenters. The first kappa shape index (κ1) is 16.4. The Kier molecular flexibility index (Phi) is 5.12. The third kappa shape index (κ3) is 4.03. The van der Waals surface area contributed by atoms with E-state index in [1.54, 1.807) is 12.1 Å². The third-order valence-corrected chi connectivity index (χ3v) is 4.70. The van der Waals surface area contributed by atoms with Gasteiger partial charge in [-0.1, -0.05) is 38.1 Å². The summed E-state index contributed by atoms with van der Waals surface area (Å²) < 4.78 is 0. The van der Waals surface area contributed by atoms with Crippen LogP contribution in [-0.2, 0) is 12.8 Å². The van der Waals surface area contributed by atoms with Crippen molar-refractivity contribution in [1.82, 2.24) is 0 Å². The molecule has 0 aliphatic carbocycles. The highest BCUT2D eigenvalue weighted by Gasteiger charge is 2.14. The molecule has 2 heteroatoms. The summed E-state index contributed by atoms with van der Waals surface area (Å²) >= 11 is 0. The van der Waals surface area contributed by atoms with Crippen LogP contribution in [0.5, 0.6) is 11.5 Å². The molecule has 0 heterocycles. The van der Waals surface area contributed by atoms with Crippen LogP contribution in [0, 0.1) is 25.7 Å². The van der Waals surface area contributed by atoms with Gasteiger partial charge in [0.25, 0.3) is 0 Å². The zero-order valence-electron chi connectivity index (χ0n) is 13.9. The topological polar surface area (TPSA) is 40.5 Å². The minimum atomic E-state index is -0.0559. The van der Waals surface area contributed by atoms with Crippen LogP contribution in [0.2, 0.25) is 0 Å². The minimum Gasteiger partial charge on any atom is -0.504 e. The standard InChI is InChI=1S/C20H26O2/c1-13-5-6-17(9-14(13)2)10-15(3)16(4)11-18-7-8-19(21)20(22)12-18/h5-9,12,15-16,21-22H,10-11H2,1-4H3/t15-,16+/m0/s1. The van der Waals surface area contributed by atoms with E-state index in [4.69, 9.17) is 0 Å². The maximum atomic E-state index is 9.59. The van der Waals surface area contributed by atoms with Gasteiger partial charge in [-0.25, -0.2) is 0 Å². The van der Waals surface area contributed by atoms with Gasteiger partial charge in [-0.3, -0.25) is 0 Å². The van der Waals surface area contributed by atoms with Crippen LogP contribution in [0.15, 0.2) is 36.4 Å². The zero-order valence-corrected chi connectivity index (χ0v) is 13.9. The molecule has 0 amide bonds. The Bertz CT molecular complexity index is 589. The predicted molar refractivity (Wildman–Crippen MR) is 91.4 cm³/mol. The van der Waals surface area contributed by atoms with Crippen LogP contribution in [0.25, 0.3) is 0 Å². The molecule has 0 aromatic heterocycles. The number of hydrogen-bond acceptors (Lipinski definition) is 2. The van der Waals surface area contributed by atoms with E-state index >= 15 is 0 Å². The summed E-state index contributed by atoms with van der Waals surface area (Å²) in [6, 6.07) is 11.8. The highest BCUT2D eigenvalue weighted by Crippen LogP contribution is 2.28. The molecule has 0 bridgehead atoms. The van der Waals surface area contributed by atoms with Gasteiger partial charge >= 0.3 is 0 Å². The van der Waals surface area contributed by atoms with Crippen molar-refractivity contribution in [3.05, 3.63) is 58.7 Å². The minimum absolute atomic E-state index is 0.0356. The maximum Gasteiger partial charge on any atom is 0.157 e. The van der Waals surface area contributed by atoms with E-state index in [2.05, 4.69) is 45.9 Å². The number of aryl methyl sites for hydroxylation is 2. The number of aromatic hydroxyl groups is 2. The lowest BCUT2D eigenvalue weighted by Crippen LogP contribution is -2.13. The Morgan fingerprint density at radius 1 is 0.727 bits per heavy atom. The SMILES string of the molecule is Cc1ccc(C[C@H](C)[C@H](C)Cc2ccc(O)c(O)c2)cc1C. The number of benzene rings is 2. The smallest absolute Gasteiger partial charge is 0.157 e. The van der Waals surface area contributed by atoms with Crippen molar-refractivity contribution in [2.45, 2.75) is 40.5 Å². The van der Waals surface area contributed by atoms with Gasteiger partial charge in [0.15, 0.2) is 11.5 Å². The van der Waals surface area contributed by atoms with Gasteiger partial charge in [-0.15, -0.1) is 0 Å². The second kappa shape index (κ2) is 6.87. The van der Waals surface area contributed by atoms with Crippen LogP contribution in [0.4, 0.5) is 0 Å². The largest absolute Gasteiger partial charge is 0.504 e. The molecule has 22 heavy (non-hydrogen) atoms. The van der Waals surface area contributed by atoms with Crippen molar-refractivity contribution in [3.8, 4) is 11.5 Å². The quantitative estimate of drug-likeness (QED) is 0.780. The molecular formula is C20H26O2. The molecule has 0 saturated carbocycles. The summed E-state index contributed by atoms with van der Waals surface area (Å²) in [4.78, 5) is 0. The first-order valence-corrected chi connectivity index (χ1v) is 7.93. The normalized spacial score (nSPS) is 13.8. The van der Waals surface area contributed by atoms with E-state index in [1.807, 2.05) is 6.07 Å². The number of phenols is 2. The molecule has 0 fully saturated rings. The average Bonchev–Trinajstić information content (AvgIpc) is 2.46. The fourth-order valence-corrected chi connectivity index (χ4v) is 2.77. The summed E-state index contributed by atoms with van der Waals surface area (Å²) in [6.07, 6.45) is 1.96. The van der Waals surface area contributed by atoms with E-state index in [-0.39, 0.29) is 11.5 Å². The van der Waals surface area contributed by atoms with Gasteiger partial charge in [-0.05, 0) is 72.9 Å². The monoisotopic (exact) mass is 298 g/mol. The first-order valence-electron chi connectivity index (χ1n) is 7.93. The molecule has 2 N–H and O–H groups in total. The first-order chi connectivity index (χ1) is 10.4. The van der Waals surface area contributed by atoms with Crippen molar-refractivity contribution in [2.75, 3.05) is 0 Å². The van der Waals surface area contributed by atoms with Crippen molar-refractivity contribution in [3.63, 3.8) is 0 Å². The molecule has 0 aliphatic rings. The number of hydrogen-bond donors (Lipinski definition) is 2. The second-order valence-corrected chi connectivity index (χ2v) is 6.60. The van der Waals surface area contributed by atoms with Crippen molar-refractivity contribution in [1.29, 1.82) is 0 Å². The van der Waals surface area contributed by atoms with E-state index in [0.29, 0.717) is 11.8 Å². The molecule has 2 aromatic rings. The van der Waals surface area contributed by atoms with E-state index < -0.39 is 0 Å². The highest BCUT2D eigenvalue weighted by molar-refractivity contribution is 5.40. The summed E-state index contributed by atoms with van der Waals surface area (Å²) in [6.45, 7) is 8.82. The zero-order chi connectivity index (χ0) is 16.3. The Morgan fingerprint density at radius 3 is 1.82 bits per heavy atom. The molecule has 0 spiro atoms. The van der Waals surface area contributed by atoms with E-state index in [1.165, 1.54) is 16.7 Å². The van der Waals surface area contributed by atoms with Gasteiger partial charge in [-0.2, -0.15) is 0 Å². The molecule has 2 nitrogen and oxygen atoms in total. The summed E-state index contributed by atoms with van der Waals surface area (Å²) in [5.74, 6) is 0.967. The Balaban J connectivity index is 2.00. The number of phenolic OH excluding ortho intramolecular Hbond substituents is 2. The van der Waals surface area contributed by atoms with Gasteiger partial charge in [0.1, 0.15) is 0 Å². The fraction of sp³-hybridized carbons (Fsp3) is 0.400. The molecule has 0 saturated heterocycles. The van der Waals surface area contributed by atoms with Crippen LogP contribution < -0.4 is 0 Å². The summed E-state index contributed by atoms with van der Waals surface area (Å²) in [5, 5.41) is 19.0. The van der Waals surface area contributed by atoms with Crippen LogP contribution >= 0.6 is 0 Å². The third-order valence-electron chi connectivity index (χ3n) is 4.70. The summed E-state index contributed by atoms with van der Waals surface area (Å²) in [7, 11) is 0. The fourth-order valence-electron chi connectivity index (χ4n) is 2.77. The van der Waals surface area contributed by atoms with E-state index in [9.17, 15) is 10.2 Å². The highest BCUT2D eigenvalue weighted by atomic mass is 16.3. The van der Waals surface area contributed by atoms with Gasteiger partial charge < -0.3 is 10.2 Å². The lowest BCUT2D eigenvalue weighted by atomic mass is 9.85. The molecule has 0 aliphatic heterocycles. The maximum absolute atomic E-state index is 9.59. The van der Waals surface area contributed by atoms with Gasteiger partial charge in [0.2, 0.25) is 0 Å². The van der Waals surface area contributed by atoms with Crippen molar-refractivity contribution < 1.29 is 10.2 Å². The molecule has 2 atom stereocenters. The van der Waals surface area contributed by atoms with Crippen LogP contribution in [-0.4, -0.2) is 10.2 Å². The van der Waals surface area contributed by atoms with Crippen LogP contribution in [0.3, 0.4) is 0 Å². The molecular weight excluding hydrogens is 272 g/mol. The Morgan fingerprint density at radius 2 is 1.27 bits per heavy atom. The van der Waals surface area contributed by atoms with Crippen molar-refractivity contribution >= 4 is 0 Å². The molecule has 2 aromatic carbocycles. The molecule has 0 radical (unpaired) electrons. The molecule has 2 rings (SSSR count). The van der Waals surface area contributed by atoms with Gasteiger partial charge in [0.05, 0.1) is 0 Å². The predicted octanol–water partition coefficient (Wildman–Crippen LogP) is 4.77. The Hall–Kier alpha value is -1.96. The lowest BCUT2D eigenvalue weighted by Gasteiger charge is -2.21. The average molecular weight is 298 g/mol. The van der Waals surface area contributed by atoms with Crippen LogP contribution in [0.1, 0.15) is 36.1 Å². The van der Waals surface area contributed by atoms with Crippen molar-refractivity contribution in [2.24, 2.45) is 11.8 Å². The van der Waals surface area contributed by atoms with E-state index in [0.717, 1.165) is 18.4 Å². The lowest BCUT2D eigenvalue weighted by molar-refractivity contribution is 0.379. The summed E-state index contributed by atoms with van der Waals surface area (Å²) in [5.41, 5.74) is 5.13. The number of rotatable bonds is 5. The second-order valence-electron chi connectivity index (χ2n) is 6.60. The Labute approximate surface area is 133 Å². The molecule has 118 valence electrons. The van der Waals surface area contributed by atoms with Gasteiger partial charge in [0, 0.05) is 0 Å².